The average molecular weight is 339 g/mol. The van der Waals surface area contributed by atoms with Gasteiger partial charge in [-0.15, -0.1) is 11.3 Å². The zero-order valence-corrected chi connectivity index (χ0v) is 12.5. The van der Waals surface area contributed by atoms with Gasteiger partial charge in [0.05, 0.1) is 5.75 Å². The molecular weight excluding hydrogens is 324 g/mol. The molecule has 0 bridgehead atoms. The second kappa shape index (κ2) is 5.79. The van der Waals surface area contributed by atoms with Crippen molar-refractivity contribution in [3.05, 3.63) is 20.8 Å². The standard InChI is InChI=1S/C10H15BrN2O2S2/c11-9-3-5-16-10(9)6-13-17(14,15)7-8-2-1-4-12-8/h3,5,8,12-13H,1-2,4,6-7H2. The number of rotatable bonds is 5. The van der Waals surface area contributed by atoms with Crippen LogP contribution in [0.5, 0.6) is 0 Å². The molecule has 1 unspecified atom stereocenters. The van der Waals surface area contributed by atoms with Gasteiger partial charge in [-0.25, -0.2) is 13.1 Å². The van der Waals surface area contributed by atoms with Crippen LogP contribution in [0.1, 0.15) is 17.7 Å². The molecule has 4 nitrogen and oxygen atoms in total. The van der Waals surface area contributed by atoms with Crippen LogP contribution in [0.4, 0.5) is 0 Å². The van der Waals surface area contributed by atoms with E-state index in [0.29, 0.717) is 6.54 Å². The van der Waals surface area contributed by atoms with Crippen molar-refractivity contribution < 1.29 is 8.42 Å². The number of hydrogen-bond donors (Lipinski definition) is 2. The maximum absolute atomic E-state index is 11.8. The van der Waals surface area contributed by atoms with Crippen LogP contribution < -0.4 is 10.0 Å². The zero-order chi connectivity index (χ0) is 12.3. The van der Waals surface area contributed by atoms with Gasteiger partial charge in [-0.05, 0) is 46.8 Å². The third-order valence-electron chi connectivity index (χ3n) is 2.73. The Morgan fingerprint density at radius 3 is 3.00 bits per heavy atom. The van der Waals surface area contributed by atoms with Crippen molar-refractivity contribution in [1.29, 1.82) is 0 Å². The van der Waals surface area contributed by atoms with E-state index in [-0.39, 0.29) is 11.8 Å². The summed E-state index contributed by atoms with van der Waals surface area (Å²) in [7, 11) is -3.18. The molecule has 1 atom stereocenters. The van der Waals surface area contributed by atoms with Crippen LogP contribution in [0, 0.1) is 0 Å². The molecule has 0 spiro atoms. The molecule has 2 rings (SSSR count). The van der Waals surface area contributed by atoms with Crippen molar-refractivity contribution in [2.24, 2.45) is 0 Å². The quantitative estimate of drug-likeness (QED) is 0.858. The minimum atomic E-state index is -3.18. The van der Waals surface area contributed by atoms with Gasteiger partial charge in [0.15, 0.2) is 0 Å². The molecular formula is C10H15BrN2O2S2. The van der Waals surface area contributed by atoms with E-state index in [1.165, 1.54) is 0 Å². The first-order valence-electron chi connectivity index (χ1n) is 5.49. The van der Waals surface area contributed by atoms with Crippen molar-refractivity contribution in [2.75, 3.05) is 12.3 Å². The largest absolute Gasteiger partial charge is 0.313 e. The summed E-state index contributed by atoms with van der Waals surface area (Å²) in [6, 6.07) is 2.03. The summed E-state index contributed by atoms with van der Waals surface area (Å²) < 4.78 is 27.3. The van der Waals surface area contributed by atoms with Crippen molar-refractivity contribution in [1.82, 2.24) is 10.0 Å². The van der Waals surface area contributed by atoms with Crippen molar-refractivity contribution in [3.8, 4) is 0 Å². The minimum absolute atomic E-state index is 0.110. The molecule has 1 fully saturated rings. The maximum Gasteiger partial charge on any atom is 0.213 e. The number of nitrogens with one attached hydrogen (secondary N) is 2. The molecule has 0 aliphatic carbocycles. The van der Waals surface area contributed by atoms with Gasteiger partial charge in [-0.1, -0.05) is 0 Å². The lowest BCUT2D eigenvalue weighted by atomic mass is 10.3. The van der Waals surface area contributed by atoms with Crippen LogP contribution in [-0.4, -0.2) is 26.8 Å². The maximum atomic E-state index is 11.8. The predicted octanol–water partition coefficient (Wildman–Crippen LogP) is 1.68. The van der Waals surface area contributed by atoms with Gasteiger partial charge in [0.25, 0.3) is 0 Å². The Morgan fingerprint density at radius 1 is 1.59 bits per heavy atom. The fourth-order valence-corrected chi connectivity index (χ4v) is 4.67. The Hall–Kier alpha value is 0.0500. The average Bonchev–Trinajstić information content (AvgIpc) is 2.87. The molecule has 17 heavy (non-hydrogen) atoms. The normalized spacial score (nSPS) is 20.9. The van der Waals surface area contributed by atoms with E-state index >= 15 is 0 Å². The summed E-state index contributed by atoms with van der Waals surface area (Å²) in [4.78, 5) is 1.01. The summed E-state index contributed by atoms with van der Waals surface area (Å²) in [5.41, 5.74) is 0. The first kappa shape index (κ1) is 13.5. The highest BCUT2D eigenvalue weighted by molar-refractivity contribution is 9.10. The van der Waals surface area contributed by atoms with Crippen LogP contribution >= 0.6 is 27.3 Å². The third-order valence-corrected chi connectivity index (χ3v) is 6.08. The Bertz CT molecular complexity index is 466. The highest BCUT2D eigenvalue weighted by atomic mass is 79.9. The number of thiophene rings is 1. The van der Waals surface area contributed by atoms with Gasteiger partial charge >= 0.3 is 0 Å². The Morgan fingerprint density at radius 2 is 2.41 bits per heavy atom. The second-order valence-electron chi connectivity index (χ2n) is 4.09. The summed E-state index contributed by atoms with van der Waals surface area (Å²) in [6.45, 7) is 1.30. The fraction of sp³-hybridized carbons (Fsp3) is 0.600. The van der Waals surface area contributed by atoms with Gasteiger partial charge in [-0.2, -0.15) is 0 Å². The number of hydrogen-bond acceptors (Lipinski definition) is 4. The van der Waals surface area contributed by atoms with Crippen molar-refractivity contribution >= 4 is 37.3 Å². The first-order chi connectivity index (χ1) is 8.07. The summed E-state index contributed by atoms with van der Waals surface area (Å²) >= 11 is 4.93. The lowest BCUT2D eigenvalue weighted by molar-refractivity contribution is 0.564. The SMILES string of the molecule is O=S(=O)(CC1CCCN1)NCc1sccc1Br. The molecule has 0 radical (unpaired) electrons. The van der Waals surface area contributed by atoms with E-state index < -0.39 is 10.0 Å². The van der Waals surface area contributed by atoms with Gasteiger partial charge < -0.3 is 5.32 Å². The molecule has 1 aliphatic rings. The van der Waals surface area contributed by atoms with E-state index in [1.807, 2.05) is 11.4 Å². The van der Waals surface area contributed by atoms with Gasteiger partial charge in [-0.3, -0.25) is 0 Å². The highest BCUT2D eigenvalue weighted by Crippen LogP contribution is 2.22. The van der Waals surface area contributed by atoms with E-state index in [9.17, 15) is 8.42 Å². The molecule has 0 aromatic carbocycles. The van der Waals surface area contributed by atoms with Crippen molar-refractivity contribution in [2.45, 2.75) is 25.4 Å². The van der Waals surface area contributed by atoms with Crippen LogP contribution in [-0.2, 0) is 16.6 Å². The zero-order valence-electron chi connectivity index (χ0n) is 9.28. The Labute approximate surface area is 114 Å². The smallest absolute Gasteiger partial charge is 0.213 e. The topological polar surface area (TPSA) is 58.2 Å². The summed E-state index contributed by atoms with van der Waals surface area (Å²) in [5, 5.41) is 5.13. The molecule has 0 amide bonds. The molecule has 1 aromatic heterocycles. The Balaban J connectivity index is 1.87. The number of sulfonamides is 1. The van der Waals surface area contributed by atoms with Crippen LogP contribution in [0.3, 0.4) is 0 Å². The minimum Gasteiger partial charge on any atom is -0.313 e. The van der Waals surface area contributed by atoms with E-state index in [1.54, 1.807) is 11.3 Å². The lowest BCUT2D eigenvalue weighted by Gasteiger charge is -2.11. The monoisotopic (exact) mass is 338 g/mol. The fourth-order valence-electron chi connectivity index (χ4n) is 1.85. The highest BCUT2D eigenvalue weighted by Gasteiger charge is 2.21. The van der Waals surface area contributed by atoms with E-state index in [0.717, 1.165) is 28.7 Å². The van der Waals surface area contributed by atoms with E-state index in [4.69, 9.17) is 0 Å². The molecule has 0 saturated carbocycles. The van der Waals surface area contributed by atoms with Crippen LogP contribution in [0.25, 0.3) is 0 Å². The molecule has 1 aliphatic heterocycles. The first-order valence-corrected chi connectivity index (χ1v) is 8.82. The van der Waals surface area contributed by atoms with Crippen LogP contribution in [0.2, 0.25) is 0 Å². The summed E-state index contributed by atoms with van der Waals surface area (Å²) in [5.74, 6) is 0.177. The van der Waals surface area contributed by atoms with Crippen LogP contribution in [0.15, 0.2) is 15.9 Å². The predicted molar refractivity (Wildman–Crippen MR) is 73.7 cm³/mol. The van der Waals surface area contributed by atoms with E-state index in [2.05, 4.69) is 26.0 Å². The molecule has 1 aromatic rings. The summed E-state index contributed by atoms with van der Waals surface area (Å²) in [6.07, 6.45) is 2.01. The number of halogens is 1. The molecule has 1 saturated heterocycles. The Kier molecular flexibility index (Phi) is 4.59. The van der Waals surface area contributed by atoms with Gasteiger partial charge in [0.2, 0.25) is 10.0 Å². The molecule has 2 heterocycles. The van der Waals surface area contributed by atoms with Gasteiger partial charge in [0.1, 0.15) is 0 Å². The molecule has 2 N–H and O–H groups in total. The second-order valence-corrected chi connectivity index (χ2v) is 7.79. The van der Waals surface area contributed by atoms with Crippen molar-refractivity contribution in [3.63, 3.8) is 0 Å². The molecule has 7 heteroatoms. The third kappa shape index (κ3) is 4.03. The lowest BCUT2D eigenvalue weighted by Crippen LogP contribution is -2.36. The molecule has 96 valence electrons. The van der Waals surface area contributed by atoms with Gasteiger partial charge in [0, 0.05) is 21.9 Å².